The van der Waals surface area contributed by atoms with Crippen LogP contribution in [-0.2, 0) is 4.74 Å². The molecule has 2 heterocycles. The second kappa shape index (κ2) is 5.01. The molecule has 0 saturated carbocycles. The van der Waals surface area contributed by atoms with E-state index in [9.17, 15) is 0 Å². The molecule has 2 fully saturated rings. The summed E-state index contributed by atoms with van der Waals surface area (Å²) in [4.78, 5) is 6.51. The zero-order valence-corrected chi connectivity index (χ0v) is 9.91. The lowest BCUT2D eigenvalue weighted by atomic mass is 9.87. The van der Waals surface area contributed by atoms with Crippen molar-refractivity contribution in [2.75, 3.05) is 46.5 Å². The second-order valence-corrected chi connectivity index (χ2v) is 4.67. The van der Waals surface area contributed by atoms with Gasteiger partial charge >= 0.3 is 0 Å². The number of nitrogens with one attached hydrogen (secondary N) is 1. The maximum atomic E-state index is 8.80. The molecule has 92 valence electrons. The predicted molar refractivity (Wildman–Crippen MR) is 62.5 cm³/mol. The molecule has 0 bridgehead atoms. The van der Waals surface area contributed by atoms with E-state index in [1.807, 2.05) is 0 Å². The van der Waals surface area contributed by atoms with Crippen LogP contribution in [0.3, 0.4) is 0 Å². The monoisotopic (exact) mass is 227 g/mol. The summed E-state index contributed by atoms with van der Waals surface area (Å²) in [5.74, 6) is 0.901. The highest BCUT2D eigenvalue weighted by Gasteiger charge is 2.42. The molecule has 1 unspecified atom stereocenters. The molecule has 16 heavy (non-hydrogen) atoms. The zero-order valence-electron chi connectivity index (χ0n) is 9.91. The lowest BCUT2D eigenvalue weighted by Gasteiger charge is -2.24. The molecule has 2 aliphatic rings. The van der Waals surface area contributed by atoms with E-state index in [1.54, 1.807) is 7.05 Å². The topological polar surface area (TPSA) is 57.1 Å². The van der Waals surface area contributed by atoms with E-state index >= 15 is 0 Å². The number of nitrogens with zero attached hydrogens (tertiary/aromatic N) is 2. The molecule has 5 heteroatoms. The van der Waals surface area contributed by atoms with Gasteiger partial charge in [0.2, 0.25) is 0 Å². The Morgan fingerprint density at radius 2 is 2.44 bits per heavy atom. The first-order valence-electron chi connectivity index (χ1n) is 5.94. The highest BCUT2D eigenvalue weighted by molar-refractivity contribution is 5.80. The number of ether oxygens (including phenoxy) is 1. The number of rotatable bonds is 2. The standard InChI is InChI=1S/C11H21N3O2/c1-12-10(13-4-6-15)14-5-2-11(8-14)3-7-16-9-11/h15H,2-9H2,1H3,(H,12,13). The molecule has 0 radical (unpaired) electrons. The van der Waals surface area contributed by atoms with Gasteiger partial charge in [0, 0.05) is 38.7 Å². The molecule has 2 N–H and O–H groups in total. The van der Waals surface area contributed by atoms with Gasteiger partial charge in [0.25, 0.3) is 0 Å². The molecule has 2 rings (SSSR count). The summed E-state index contributed by atoms with van der Waals surface area (Å²) < 4.78 is 5.50. The van der Waals surface area contributed by atoms with Crippen molar-refractivity contribution >= 4 is 5.96 Å². The number of hydrogen-bond acceptors (Lipinski definition) is 3. The van der Waals surface area contributed by atoms with Crippen molar-refractivity contribution in [1.29, 1.82) is 0 Å². The van der Waals surface area contributed by atoms with Crippen LogP contribution in [0.1, 0.15) is 12.8 Å². The van der Waals surface area contributed by atoms with Crippen LogP contribution < -0.4 is 5.32 Å². The van der Waals surface area contributed by atoms with Gasteiger partial charge in [-0.2, -0.15) is 0 Å². The van der Waals surface area contributed by atoms with E-state index in [1.165, 1.54) is 12.8 Å². The van der Waals surface area contributed by atoms with Crippen molar-refractivity contribution in [1.82, 2.24) is 10.2 Å². The lowest BCUT2D eigenvalue weighted by molar-refractivity contribution is 0.156. The van der Waals surface area contributed by atoms with Gasteiger partial charge in [-0.05, 0) is 12.8 Å². The predicted octanol–water partition coefficient (Wildman–Crippen LogP) is -0.334. The second-order valence-electron chi connectivity index (χ2n) is 4.67. The maximum absolute atomic E-state index is 8.80. The van der Waals surface area contributed by atoms with Crippen LogP contribution in [0.15, 0.2) is 4.99 Å². The quantitative estimate of drug-likeness (QED) is 0.501. The van der Waals surface area contributed by atoms with Crippen molar-refractivity contribution in [3.8, 4) is 0 Å². The van der Waals surface area contributed by atoms with Crippen LogP contribution in [0, 0.1) is 5.41 Å². The Bertz CT molecular complexity index is 262. The van der Waals surface area contributed by atoms with Crippen molar-refractivity contribution in [3.63, 3.8) is 0 Å². The Morgan fingerprint density at radius 3 is 3.06 bits per heavy atom. The smallest absolute Gasteiger partial charge is 0.193 e. The Balaban J connectivity index is 1.91. The SMILES string of the molecule is CN=C(NCCO)N1CCC2(CCOC2)C1. The first-order valence-corrected chi connectivity index (χ1v) is 5.94. The normalized spacial score (nSPS) is 30.4. The van der Waals surface area contributed by atoms with E-state index in [0.29, 0.717) is 12.0 Å². The fourth-order valence-electron chi connectivity index (χ4n) is 2.59. The van der Waals surface area contributed by atoms with E-state index in [0.717, 1.165) is 32.3 Å². The highest BCUT2D eigenvalue weighted by atomic mass is 16.5. The summed E-state index contributed by atoms with van der Waals surface area (Å²) in [5.41, 5.74) is 0.358. The van der Waals surface area contributed by atoms with Crippen molar-refractivity contribution in [3.05, 3.63) is 0 Å². The van der Waals surface area contributed by atoms with E-state index in [4.69, 9.17) is 9.84 Å². The molecule has 0 amide bonds. The third-order valence-corrected chi connectivity index (χ3v) is 3.53. The van der Waals surface area contributed by atoms with E-state index in [-0.39, 0.29) is 6.61 Å². The molecule has 2 aliphatic heterocycles. The molecular formula is C11H21N3O2. The van der Waals surface area contributed by atoms with E-state index in [2.05, 4.69) is 15.2 Å². The number of guanidine groups is 1. The first-order chi connectivity index (χ1) is 7.79. The van der Waals surface area contributed by atoms with Gasteiger partial charge in [0.05, 0.1) is 13.2 Å². The largest absolute Gasteiger partial charge is 0.395 e. The Hall–Kier alpha value is -0.810. The molecule has 1 spiro atoms. The van der Waals surface area contributed by atoms with Gasteiger partial charge in [0.15, 0.2) is 5.96 Å². The molecule has 0 aromatic rings. The summed E-state index contributed by atoms with van der Waals surface area (Å²) in [6.07, 6.45) is 2.35. The number of aliphatic hydroxyl groups excluding tert-OH is 1. The average molecular weight is 227 g/mol. The Kier molecular flexibility index (Phi) is 3.66. The number of likely N-dealkylation sites (tertiary alicyclic amines) is 1. The minimum Gasteiger partial charge on any atom is -0.395 e. The van der Waals surface area contributed by atoms with Crippen LogP contribution in [0.5, 0.6) is 0 Å². The molecule has 2 saturated heterocycles. The molecule has 0 aliphatic carbocycles. The summed E-state index contributed by atoms with van der Waals surface area (Å²) >= 11 is 0. The zero-order chi connectivity index (χ0) is 11.4. The molecule has 0 aromatic heterocycles. The van der Waals surface area contributed by atoms with Crippen molar-refractivity contribution < 1.29 is 9.84 Å². The van der Waals surface area contributed by atoms with Gasteiger partial charge in [-0.15, -0.1) is 0 Å². The van der Waals surface area contributed by atoms with Gasteiger partial charge in [-0.3, -0.25) is 4.99 Å². The third-order valence-electron chi connectivity index (χ3n) is 3.53. The minimum absolute atomic E-state index is 0.140. The lowest BCUT2D eigenvalue weighted by Crippen LogP contribution is -2.42. The van der Waals surface area contributed by atoms with Gasteiger partial charge < -0.3 is 20.1 Å². The number of hydrogen-bond donors (Lipinski definition) is 2. The fraction of sp³-hybridized carbons (Fsp3) is 0.909. The number of aliphatic hydroxyl groups is 1. The fourth-order valence-corrected chi connectivity index (χ4v) is 2.59. The maximum Gasteiger partial charge on any atom is 0.193 e. The highest BCUT2D eigenvalue weighted by Crippen LogP contribution is 2.37. The average Bonchev–Trinajstić information content (AvgIpc) is 2.92. The summed E-state index contributed by atoms with van der Waals surface area (Å²) in [7, 11) is 1.79. The van der Waals surface area contributed by atoms with E-state index < -0.39 is 0 Å². The molecule has 0 aromatic carbocycles. The van der Waals surface area contributed by atoms with Crippen LogP contribution >= 0.6 is 0 Å². The first kappa shape index (κ1) is 11.7. The van der Waals surface area contributed by atoms with Crippen LogP contribution in [-0.4, -0.2) is 62.5 Å². The molecule has 5 nitrogen and oxygen atoms in total. The van der Waals surface area contributed by atoms with Gasteiger partial charge in [-0.1, -0.05) is 0 Å². The summed E-state index contributed by atoms with van der Waals surface area (Å²) in [6.45, 7) is 4.55. The summed E-state index contributed by atoms with van der Waals surface area (Å²) in [6, 6.07) is 0. The Labute approximate surface area is 96.5 Å². The molecule has 1 atom stereocenters. The van der Waals surface area contributed by atoms with Gasteiger partial charge in [0.1, 0.15) is 0 Å². The van der Waals surface area contributed by atoms with Crippen LogP contribution in [0.2, 0.25) is 0 Å². The van der Waals surface area contributed by atoms with Crippen LogP contribution in [0.4, 0.5) is 0 Å². The van der Waals surface area contributed by atoms with Crippen LogP contribution in [0.25, 0.3) is 0 Å². The van der Waals surface area contributed by atoms with Gasteiger partial charge in [-0.25, -0.2) is 0 Å². The third kappa shape index (κ3) is 2.30. The summed E-state index contributed by atoms with van der Waals surface area (Å²) in [5, 5.41) is 12.0. The number of aliphatic imine (C=N–C) groups is 1. The van der Waals surface area contributed by atoms with Crippen molar-refractivity contribution in [2.45, 2.75) is 12.8 Å². The minimum atomic E-state index is 0.140. The van der Waals surface area contributed by atoms with Crippen molar-refractivity contribution in [2.24, 2.45) is 10.4 Å². The molecular weight excluding hydrogens is 206 g/mol. The Morgan fingerprint density at radius 1 is 1.56 bits per heavy atom.